The molecule has 0 saturated heterocycles. The van der Waals surface area contributed by atoms with Crippen LogP contribution < -0.4 is 0 Å². The molecule has 0 radical (unpaired) electrons. The van der Waals surface area contributed by atoms with Crippen molar-refractivity contribution in [2.75, 3.05) is 0 Å². The number of carbonyl (C=O) groups is 1. The van der Waals surface area contributed by atoms with Gasteiger partial charge >= 0.3 is 5.97 Å². The van der Waals surface area contributed by atoms with E-state index in [9.17, 15) is 9.90 Å². The van der Waals surface area contributed by atoms with E-state index in [1.165, 1.54) is 6.07 Å². The SMILES string of the molecule is O=C(O)c1cccc(C2CC2)c1O. The van der Waals surface area contributed by atoms with Crippen molar-refractivity contribution in [1.29, 1.82) is 0 Å². The van der Waals surface area contributed by atoms with E-state index in [-0.39, 0.29) is 11.3 Å². The average molecular weight is 178 g/mol. The predicted octanol–water partition coefficient (Wildman–Crippen LogP) is 1.97. The first-order valence-electron chi connectivity index (χ1n) is 4.25. The zero-order valence-electron chi connectivity index (χ0n) is 7.03. The van der Waals surface area contributed by atoms with Gasteiger partial charge in [-0.15, -0.1) is 0 Å². The summed E-state index contributed by atoms with van der Waals surface area (Å²) in [6, 6.07) is 4.89. The van der Waals surface area contributed by atoms with E-state index in [2.05, 4.69) is 0 Å². The standard InChI is InChI=1S/C10H10O3/c11-9-7(6-4-5-6)2-1-3-8(9)10(12)13/h1-3,6,11H,4-5H2,(H,12,13). The van der Waals surface area contributed by atoms with Crippen molar-refractivity contribution < 1.29 is 15.0 Å². The molecule has 68 valence electrons. The van der Waals surface area contributed by atoms with E-state index in [1.807, 2.05) is 0 Å². The molecule has 13 heavy (non-hydrogen) atoms. The van der Waals surface area contributed by atoms with Crippen LogP contribution in [0.4, 0.5) is 0 Å². The number of carboxylic acids is 1. The Balaban J connectivity index is 2.47. The Kier molecular flexibility index (Phi) is 1.72. The highest BCUT2D eigenvalue weighted by Crippen LogP contribution is 2.44. The fourth-order valence-electron chi connectivity index (χ4n) is 1.46. The van der Waals surface area contributed by atoms with Crippen LogP contribution in [0, 0.1) is 0 Å². The summed E-state index contributed by atoms with van der Waals surface area (Å²) in [5.41, 5.74) is 0.782. The quantitative estimate of drug-likeness (QED) is 0.727. The molecule has 1 aliphatic carbocycles. The van der Waals surface area contributed by atoms with E-state index in [0.29, 0.717) is 5.92 Å². The zero-order chi connectivity index (χ0) is 9.42. The van der Waals surface area contributed by atoms with Crippen LogP contribution in [0.2, 0.25) is 0 Å². The Labute approximate surface area is 75.6 Å². The first-order chi connectivity index (χ1) is 6.20. The van der Waals surface area contributed by atoms with Gasteiger partial charge in [-0.05, 0) is 30.4 Å². The van der Waals surface area contributed by atoms with E-state index >= 15 is 0 Å². The monoisotopic (exact) mass is 178 g/mol. The third kappa shape index (κ3) is 1.37. The lowest BCUT2D eigenvalue weighted by Gasteiger charge is -2.04. The molecule has 1 aliphatic rings. The van der Waals surface area contributed by atoms with Gasteiger partial charge in [0.25, 0.3) is 0 Å². The summed E-state index contributed by atoms with van der Waals surface area (Å²) in [4.78, 5) is 10.7. The minimum absolute atomic E-state index is 0.00407. The molecule has 2 rings (SSSR count). The van der Waals surface area contributed by atoms with Crippen LogP contribution in [0.25, 0.3) is 0 Å². The minimum Gasteiger partial charge on any atom is -0.507 e. The van der Waals surface area contributed by atoms with Gasteiger partial charge in [0.1, 0.15) is 11.3 Å². The molecule has 1 aromatic rings. The van der Waals surface area contributed by atoms with Crippen molar-refractivity contribution in [3.63, 3.8) is 0 Å². The van der Waals surface area contributed by atoms with Crippen LogP contribution in [0.15, 0.2) is 18.2 Å². The number of hydrogen-bond acceptors (Lipinski definition) is 2. The number of para-hydroxylation sites is 1. The minimum atomic E-state index is -1.07. The second-order valence-electron chi connectivity index (χ2n) is 3.32. The molecular weight excluding hydrogens is 168 g/mol. The largest absolute Gasteiger partial charge is 0.507 e. The summed E-state index contributed by atoms with van der Waals surface area (Å²) in [6.45, 7) is 0. The van der Waals surface area contributed by atoms with Crippen LogP contribution >= 0.6 is 0 Å². The average Bonchev–Trinajstić information content (AvgIpc) is 2.87. The van der Waals surface area contributed by atoms with Gasteiger partial charge in [-0.2, -0.15) is 0 Å². The van der Waals surface area contributed by atoms with Crippen molar-refractivity contribution in [3.05, 3.63) is 29.3 Å². The lowest BCUT2D eigenvalue weighted by molar-refractivity contribution is 0.0693. The van der Waals surface area contributed by atoms with Crippen LogP contribution in [-0.2, 0) is 0 Å². The van der Waals surface area contributed by atoms with Crippen molar-refractivity contribution in [1.82, 2.24) is 0 Å². The Morgan fingerprint density at radius 2 is 2.08 bits per heavy atom. The molecule has 3 heteroatoms. The van der Waals surface area contributed by atoms with Crippen LogP contribution in [0.5, 0.6) is 5.75 Å². The lowest BCUT2D eigenvalue weighted by atomic mass is 10.1. The molecular formula is C10H10O3. The smallest absolute Gasteiger partial charge is 0.339 e. The highest BCUT2D eigenvalue weighted by Gasteiger charge is 2.27. The Bertz CT molecular complexity index is 353. The van der Waals surface area contributed by atoms with E-state index < -0.39 is 5.97 Å². The van der Waals surface area contributed by atoms with Gasteiger partial charge < -0.3 is 10.2 Å². The van der Waals surface area contributed by atoms with Gasteiger partial charge in [0.05, 0.1) is 0 Å². The summed E-state index contributed by atoms with van der Waals surface area (Å²) < 4.78 is 0. The highest BCUT2D eigenvalue weighted by molar-refractivity contribution is 5.91. The van der Waals surface area contributed by atoms with Gasteiger partial charge in [0, 0.05) is 0 Å². The predicted molar refractivity (Wildman–Crippen MR) is 47.0 cm³/mol. The maximum absolute atomic E-state index is 10.7. The second-order valence-corrected chi connectivity index (χ2v) is 3.32. The molecule has 0 unspecified atom stereocenters. The van der Waals surface area contributed by atoms with E-state index in [4.69, 9.17) is 5.11 Å². The molecule has 3 nitrogen and oxygen atoms in total. The Morgan fingerprint density at radius 1 is 1.38 bits per heavy atom. The van der Waals surface area contributed by atoms with Crippen LogP contribution in [-0.4, -0.2) is 16.2 Å². The summed E-state index contributed by atoms with van der Waals surface area (Å²) in [5, 5.41) is 18.3. The van der Waals surface area contributed by atoms with Gasteiger partial charge in [-0.3, -0.25) is 0 Å². The number of rotatable bonds is 2. The van der Waals surface area contributed by atoms with Crippen LogP contribution in [0.1, 0.15) is 34.7 Å². The van der Waals surface area contributed by atoms with Crippen molar-refractivity contribution in [2.24, 2.45) is 0 Å². The number of aromatic hydroxyl groups is 1. The summed E-state index contributed by atoms with van der Waals surface area (Å²) in [6.07, 6.45) is 2.10. The third-order valence-corrected chi connectivity index (χ3v) is 2.31. The van der Waals surface area contributed by atoms with Crippen LogP contribution in [0.3, 0.4) is 0 Å². The number of phenols is 1. The van der Waals surface area contributed by atoms with E-state index in [1.54, 1.807) is 12.1 Å². The maximum Gasteiger partial charge on any atom is 0.339 e. The lowest BCUT2D eigenvalue weighted by Crippen LogP contribution is -1.98. The Morgan fingerprint density at radius 3 is 2.62 bits per heavy atom. The van der Waals surface area contributed by atoms with Crippen molar-refractivity contribution in [2.45, 2.75) is 18.8 Å². The number of hydrogen-bond donors (Lipinski definition) is 2. The normalized spacial score (nSPS) is 15.7. The molecule has 0 heterocycles. The molecule has 0 aromatic heterocycles. The highest BCUT2D eigenvalue weighted by atomic mass is 16.4. The topological polar surface area (TPSA) is 57.5 Å². The van der Waals surface area contributed by atoms with Gasteiger partial charge in [0.2, 0.25) is 0 Å². The molecule has 2 N–H and O–H groups in total. The molecule has 1 aromatic carbocycles. The van der Waals surface area contributed by atoms with Crippen molar-refractivity contribution >= 4 is 5.97 Å². The zero-order valence-corrected chi connectivity index (χ0v) is 7.03. The summed E-state index contributed by atoms with van der Waals surface area (Å²) in [5.74, 6) is -0.753. The molecule has 0 amide bonds. The number of benzene rings is 1. The third-order valence-electron chi connectivity index (χ3n) is 2.31. The Hall–Kier alpha value is -1.51. The molecule has 0 aliphatic heterocycles. The van der Waals surface area contributed by atoms with Gasteiger partial charge in [0.15, 0.2) is 0 Å². The molecule has 1 saturated carbocycles. The van der Waals surface area contributed by atoms with Gasteiger partial charge in [-0.1, -0.05) is 12.1 Å². The molecule has 0 atom stereocenters. The van der Waals surface area contributed by atoms with Gasteiger partial charge in [-0.25, -0.2) is 4.79 Å². The summed E-state index contributed by atoms with van der Waals surface area (Å²) in [7, 11) is 0. The summed E-state index contributed by atoms with van der Waals surface area (Å²) >= 11 is 0. The first-order valence-corrected chi connectivity index (χ1v) is 4.25. The second kappa shape index (κ2) is 2.76. The fourth-order valence-corrected chi connectivity index (χ4v) is 1.46. The number of aromatic carboxylic acids is 1. The maximum atomic E-state index is 10.7. The molecule has 0 bridgehead atoms. The molecule has 0 spiro atoms. The fraction of sp³-hybridized carbons (Fsp3) is 0.300. The number of carboxylic acid groups (broad SMARTS) is 1. The molecule has 1 fully saturated rings. The van der Waals surface area contributed by atoms with E-state index in [0.717, 1.165) is 18.4 Å². The first kappa shape index (κ1) is 8.10. The van der Waals surface area contributed by atoms with Crippen molar-refractivity contribution in [3.8, 4) is 5.75 Å².